The molecule has 3 aliphatic rings. The van der Waals surface area contributed by atoms with Crippen LogP contribution in [0, 0.1) is 20.8 Å². The summed E-state index contributed by atoms with van der Waals surface area (Å²) in [5.41, 5.74) is 1.90. The van der Waals surface area contributed by atoms with Gasteiger partial charge in [-0.25, -0.2) is 0 Å². The Labute approximate surface area is 412 Å². The molecule has 18 heteroatoms. The Morgan fingerprint density at radius 1 is 0.476 bits per heavy atom. The number of hydrogen-bond acceptors (Lipinski definition) is 12. The van der Waals surface area contributed by atoms with Crippen molar-refractivity contribution in [2.75, 3.05) is 54.0 Å². The van der Waals surface area contributed by atoms with Crippen LogP contribution in [0.15, 0.2) is 33.2 Å². The van der Waals surface area contributed by atoms with Gasteiger partial charge in [0.15, 0.2) is 0 Å². The Hall–Kier alpha value is -3.28. The molecule has 0 amide bonds. The van der Waals surface area contributed by atoms with Crippen molar-refractivity contribution in [2.24, 2.45) is 15.0 Å². The molecule has 3 saturated heterocycles. The molecule has 348 valence electrons. The average Bonchev–Trinajstić information content (AvgIpc) is 3.28. The predicted molar refractivity (Wildman–Crippen MR) is 259 cm³/mol. The molecule has 0 aromatic carbocycles. The van der Waals surface area contributed by atoms with Gasteiger partial charge >= 0.3 is 355 Å². The van der Waals surface area contributed by atoms with E-state index in [2.05, 4.69) is 117 Å². The van der Waals surface area contributed by atoms with E-state index in [1.165, 1.54) is 154 Å². The molecule has 0 spiro atoms. The van der Waals surface area contributed by atoms with Gasteiger partial charge in [0.25, 0.3) is 0 Å². The zero-order valence-corrected chi connectivity index (χ0v) is 48.2. The van der Waals surface area contributed by atoms with E-state index in [-0.39, 0.29) is 0 Å². The number of anilines is 3. The van der Waals surface area contributed by atoms with Crippen molar-refractivity contribution in [2.45, 2.75) is 139 Å². The fraction of sp³-hybridized carbons (Fsp3) is 0.600. The van der Waals surface area contributed by atoms with Gasteiger partial charge in [0.1, 0.15) is 0 Å². The first kappa shape index (κ1) is 57.7. The van der Waals surface area contributed by atoms with Crippen molar-refractivity contribution in [1.29, 1.82) is 0 Å². The van der Waals surface area contributed by atoms with E-state index < -0.39 is 0 Å². The van der Waals surface area contributed by atoms with Gasteiger partial charge in [-0.1, -0.05) is 60.8 Å². The molecule has 0 saturated carbocycles. The Morgan fingerprint density at radius 3 is 1.33 bits per heavy atom. The summed E-state index contributed by atoms with van der Waals surface area (Å²) in [5.74, 6) is 5.40. The molecule has 6 rings (SSSR count). The van der Waals surface area contributed by atoms with Crippen LogP contribution in [0.25, 0.3) is 16.0 Å². The molecule has 0 bridgehead atoms. The van der Waals surface area contributed by atoms with E-state index in [9.17, 15) is 0 Å². The Morgan fingerprint density at radius 2 is 0.873 bits per heavy atom. The summed E-state index contributed by atoms with van der Waals surface area (Å²) < 4.78 is 5.33. The van der Waals surface area contributed by atoms with Gasteiger partial charge in [0.05, 0.1) is 0 Å². The first-order chi connectivity index (χ1) is 30.6. The fourth-order valence-electron chi connectivity index (χ4n) is 5.96. The van der Waals surface area contributed by atoms with Crippen LogP contribution in [0.1, 0.15) is 136 Å². The SMILES string of the molecule is CCC.CCC.CCC.Cc1cc(N2CCCCC2)nc([N-]C=N[CH]=[W])n1.Cc1cc([N-]C=N[CH]=[W])nc(N2CCCCC2)n1.Cc1nc([N-]C=N[CH]=[W])cc(N2CCCCC2)n1. The van der Waals surface area contributed by atoms with Crippen LogP contribution in [0.3, 0.4) is 0 Å². The van der Waals surface area contributed by atoms with Gasteiger partial charge in [-0.3, -0.25) is 0 Å². The Kier molecular flexibility index (Phi) is 34.9. The summed E-state index contributed by atoms with van der Waals surface area (Å²) in [4.78, 5) is 45.3. The number of piperidine rings is 3. The van der Waals surface area contributed by atoms with Crippen LogP contribution in [0.4, 0.5) is 35.2 Å². The summed E-state index contributed by atoms with van der Waals surface area (Å²) in [6.07, 6.45) is 19.7. The molecule has 0 unspecified atom stereocenters. The number of rotatable bonds is 12. The van der Waals surface area contributed by atoms with Crippen molar-refractivity contribution in [3.05, 3.63) is 51.4 Å². The zero-order valence-electron chi connectivity index (χ0n) is 39.4. The molecule has 6 heterocycles. The van der Waals surface area contributed by atoms with E-state index in [4.69, 9.17) is 0 Å². The third kappa shape index (κ3) is 27.0. The third-order valence-electron chi connectivity index (χ3n) is 8.40. The molecule has 0 atom stereocenters. The second kappa shape index (κ2) is 38.0. The molecule has 0 radical (unpaired) electrons. The van der Waals surface area contributed by atoms with E-state index in [0.717, 1.165) is 74.1 Å². The van der Waals surface area contributed by atoms with E-state index >= 15 is 0 Å². The van der Waals surface area contributed by atoms with Crippen molar-refractivity contribution in [1.82, 2.24) is 29.9 Å². The normalized spacial score (nSPS) is 14.5. The quantitative estimate of drug-likeness (QED) is 0.127. The van der Waals surface area contributed by atoms with Crippen molar-refractivity contribution in [3.63, 3.8) is 0 Å². The number of aliphatic imine (C=N–C) groups is 3. The van der Waals surface area contributed by atoms with Crippen LogP contribution in [0.5, 0.6) is 0 Å². The fourth-order valence-corrected chi connectivity index (χ4v) is 6.54. The third-order valence-corrected chi connectivity index (χ3v) is 9.72. The monoisotopic (exact) mass is 1370 g/mol. The van der Waals surface area contributed by atoms with Crippen LogP contribution in [0.2, 0.25) is 0 Å². The Balaban J connectivity index is 0.000000430. The van der Waals surface area contributed by atoms with Crippen molar-refractivity contribution < 1.29 is 58.1 Å². The molecule has 0 N–H and O–H groups in total. The summed E-state index contributed by atoms with van der Waals surface area (Å²) >= 11 is 3.92. The van der Waals surface area contributed by atoms with Crippen LogP contribution in [-0.4, -0.2) is 102 Å². The topological polar surface area (TPSA) is 166 Å². The summed E-state index contributed by atoms with van der Waals surface area (Å²) in [6, 6.07) is 5.84. The average molecular weight is 1370 g/mol. The van der Waals surface area contributed by atoms with Crippen molar-refractivity contribution in [3.8, 4) is 0 Å². The molecule has 0 aliphatic carbocycles. The molecular formula is C45H72N15W3-3. The Bertz CT molecular complexity index is 1570. The minimum atomic E-state index is 0.496. The molecule has 63 heavy (non-hydrogen) atoms. The standard InChI is InChI=1S/3C12H16N5.3C3H8.3W/c1-10-15-11(14-9-13-2)8-12(16-10)17-6-4-3-5-7-17;1-10-8-11(17-6-4-3-5-7-17)16-12(15-10)14-9-13-2;1-10-8-11(14-9-13-2)16-12(15-10)17-6-4-3-5-7-17;3*1-3-2;;;/h3*2,8-9H,3-7H2,1H3;3*3H2,1-2H3;;;/q3*-1;;;;;;. The molecule has 3 aliphatic heterocycles. The molecule has 3 aromatic heterocycles. The second-order valence-corrected chi connectivity index (χ2v) is 17.0. The van der Waals surface area contributed by atoms with E-state index in [1.54, 1.807) is 13.6 Å². The van der Waals surface area contributed by atoms with E-state index in [1.807, 2.05) is 39.0 Å². The van der Waals surface area contributed by atoms with E-state index in [0.29, 0.717) is 17.6 Å². The number of aromatic nitrogens is 6. The van der Waals surface area contributed by atoms with Crippen LogP contribution >= 0.6 is 0 Å². The molecule has 15 nitrogen and oxygen atoms in total. The van der Waals surface area contributed by atoms with Gasteiger partial charge in [0.2, 0.25) is 0 Å². The summed E-state index contributed by atoms with van der Waals surface area (Å²) in [6.45, 7) is 25.0. The van der Waals surface area contributed by atoms with Gasteiger partial charge in [-0.15, -0.1) is 0 Å². The molecule has 3 fully saturated rings. The minimum absolute atomic E-state index is 0.496. The number of hydrogen-bond donors (Lipinski definition) is 0. The first-order valence-electron chi connectivity index (χ1n) is 22.4. The summed E-state index contributed by atoms with van der Waals surface area (Å²) in [7, 11) is 0. The number of aryl methyl sites for hydroxylation is 3. The second-order valence-electron chi connectivity index (χ2n) is 14.7. The van der Waals surface area contributed by atoms with Gasteiger partial charge in [0, 0.05) is 0 Å². The first-order valence-corrected chi connectivity index (χ1v) is 27.5. The maximum absolute atomic E-state index is 4.49. The molecular weight excluding hydrogens is 1300 g/mol. The van der Waals surface area contributed by atoms with Crippen LogP contribution in [-0.2, 0) is 58.1 Å². The van der Waals surface area contributed by atoms with Gasteiger partial charge < -0.3 is 0 Å². The van der Waals surface area contributed by atoms with Gasteiger partial charge in [-0.2, -0.15) is 0 Å². The maximum atomic E-state index is 4.49. The van der Waals surface area contributed by atoms with Crippen molar-refractivity contribution >= 4 is 67.8 Å². The zero-order chi connectivity index (χ0) is 46.5. The number of nitrogens with zero attached hydrogens (tertiary/aromatic N) is 15. The summed E-state index contributed by atoms with van der Waals surface area (Å²) in [5, 5.41) is 12.6. The predicted octanol–water partition coefficient (Wildman–Crippen LogP) is 10.6. The van der Waals surface area contributed by atoms with Gasteiger partial charge in [-0.05, 0) is 0 Å². The molecule has 3 aromatic rings. The van der Waals surface area contributed by atoms with Crippen LogP contribution < -0.4 is 14.7 Å².